The molecule has 0 unspecified atom stereocenters. The van der Waals surface area contributed by atoms with Gasteiger partial charge >= 0.3 is 11.9 Å². The summed E-state index contributed by atoms with van der Waals surface area (Å²) in [5, 5.41) is 8.83. The molecular formula is C14H9ClFNO4. The van der Waals surface area contributed by atoms with Crippen molar-refractivity contribution in [2.24, 2.45) is 0 Å². The highest BCUT2D eigenvalue weighted by Crippen LogP contribution is 2.25. The van der Waals surface area contributed by atoms with Crippen LogP contribution in [-0.4, -0.2) is 29.1 Å². The van der Waals surface area contributed by atoms with Crippen LogP contribution in [0.2, 0.25) is 5.15 Å². The van der Waals surface area contributed by atoms with Gasteiger partial charge in [0, 0.05) is 11.8 Å². The minimum Gasteiger partial charge on any atom is -0.478 e. The predicted octanol–water partition coefficient (Wildman–Crippen LogP) is 3.03. The highest BCUT2D eigenvalue weighted by molar-refractivity contribution is 6.32. The first-order valence-electron chi connectivity index (χ1n) is 5.71. The van der Waals surface area contributed by atoms with Crippen molar-refractivity contribution in [3.8, 4) is 11.1 Å². The summed E-state index contributed by atoms with van der Waals surface area (Å²) in [5.41, 5.74) is 0.340. The molecule has 0 bridgehead atoms. The van der Waals surface area contributed by atoms with E-state index in [9.17, 15) is 14.0 Å². The highest BCUT2D eigenvalue weighted by atomic mass is 35.5. The molecule has 1 N–H and O–H groups in total. The Bertz CT molecular complexity index is 733. The molecule has 0 atom stereocenters. The fraction of sp³-hybridized carbons (Fsp3) is 0.0714. The second kappa shape index (κ2) is 5.88. The molecule has 2 aromatic rings. The maximum Gasteiger partial charge on any atom is 0.340 e. The molecule has 0 radical (unpaired) electrons. The molecule has 0 saturated carbocycles. The van der Waals surface area contributed by atoms with E-state index in [0.717, 1.165) is 13.2 Å². The van der Waals surface area contributed by atoms with Crippen LogP contribution in [0, 0.1) is 5.82 Å². The van der Waals surface area contributed by atoms with E-state index in [0.29, 0.717) is 11.1 Å². The highest BCUT2D eigenvalue weighted by Gasteiger charge is 2.15. The first-order valence-corrected chi connectivity index (χ1v) is 6.09. The first-order chi connectivity index (χ1) is 9.93. The normalized spacial score (nSPS) is 10.2. The van der Waals surface area contributed by atoms with Crippen LogP contribution in [0.1, 0.15) is 20.7 Å². The first kappa shape index (κ1) is 14.9. The van der Waals surface area contributed by atoms with Gasteiger partial charge in [-0.15, -0.1) is 0 Å². The van der Waals surface area contributed by atoms with Crippen LogP contribution in [0.4, 0.5) is 4.39 Å². The Morgan fingerprint density at radius 1 is 1.24 bits per heavy atom. The average Bonchev–Trinajstić information content (AvgIpc) is 2.46. The number of aromatic nitrogens is 1. The second-order valence-electron chi connectivity index (χ2n) is 4.05. The molecule has 0 aliphatic rings. The summed E-state index contributed by atoms with van der Waals surface area (Å²) < 4.78 is 18.3. The number of methoxy groups -OCH3 is 1. The van der Waals surface area contributed by atoms with Crippen molar-refractivity contribution in [3.63, 3.8) is 0 Å². The molecule has 108 valence electrons. The Labute approximate surface area is 124 Å². The summed E-state index contributed by atoms with van der Waals surface area (Å²) in [4.78, 5) is 26.0. The van der Waals surface area contributed by atoms with Gasteiger partial charge in [-0.25, -0.2) is 19.0 Å². The lowest BCUT2D eigenvalue weighted by Crippen LogP contribution is -2.04. The third kappa shape index (κ3) is 3.00. The van der Waals surface area contributed by atoms with Crippen LogP contribution in [0.15, 0.2) is 30.5 Å². The molecule has 21 heavy (non-hydrogen) atoms. The number of esters is 1. The molecular weight excluding hydrogens is 301 g/mol. The molecule has 1 heterocycles. The summed E-state index contributed by atoms with van der Waals surface area (Å²) in [7, 11) is 1.15. The zero-order chi connectivity index (χ0) is 15.6. The molecule has 0 spiro atoms. The number of pyridine rings is 1. The summed E-state index contributed by atoms with van der Waals surface area (Å²) in [6.45, 7) is 0. The summed E-state index contributed by atoms with van der Waals surface area (Å²) >= 11 is 5.67. The maximum atomic E-state index is 13.8. The molecule has 0 fully saturated rings. The van der Waals surface area contributed by atoms with E-state index < -0.39 is 17.8 Å². The quantitative estimate of drug-likeness (QED) is 0.696. The minimum atomic E-state index is -1.24. The van der Waals surface area contributed by atoms with Gasteiger partial charge in [0.15, 0.2) is 0 Å². The number of carboxylic acids is 1. The van der Waals surface area contributed by atoms with Crippen molar-refractivity contribution in [2.45, 2.75) is 0 Å². The van der Waals surface area contributed by atoms with Crippen molar-refractivity contribution < 1.29 is 23.8 Å². The predicted molar refractivity (Wildman–Crippen MR) is 72.9 cm³/mol. The molecule has 0 saturated heterocycles. The number of aromatic carboxylic acids is 1. The summed E-state index contributed by atoms with van der Waals surface area (Å²) in [6, 6.07) is 5.10. The Morgan fingerprint density at radius 3 is 2.52 bits per heavy atom. The van der Waals surface area contributed by atoms with E-state index >= 15 is 0 Å². The monoisotopic (exact) mass is 309 g/mol. The molecule has 1 aromatic heterocycles. The van der Waals surface area contributed by atoms with Gasteiger partial charge in [-0.05, 0) is 23.8 Å². The largest absolute Gasteiger partial charge is 0.478 e. The van der Waals surface area contributed by atoms with Crippen LogP contribution < -0.4 is 0 Å². The third-order valence-corrected chi connectivity index (χ3v) is 3.08. The topological polar surface area (TPSA) is 76.5 Å². The fourth-order valence-electron chi connectivity index (χ4n) is 1.73. The van der Waals surface area contributed by atoms with Crippen LogP contribution >= 0.6 is 11.6 Å². The van der Waals surface area contributed by atoms with E-state index in [1.165, 1.54) is 24.4 Å². The number of rotatable bonds is 3. The van der Waals surface area contributed by atoms with Gasteiger partial charge in [-0.3, -0.25) is 0 Å². The van der Waals surface area contributed by atoms with Gasteiger partial charge in [0.2, 0.25) is 0 Å². The molecule has 1 aromatic carbocycles. The van der Waals surface area contributed by atoms with Crippen LogP contribution in [-0.2, 0) is 4.74 Å². The molecule has 0 amide bonds. The minimum absolute atomic E-state index is 0.155. The number of carboxylic acid groups (broad SMARTS) is 1. The lowest BCUT2D eigenvalue weighted by Gasteiger charge is -2.06. The van der Waals surface area contributed by atoms with Gasteiger partial charge in [0.1, 0.15) is 11.0 Å². The Hall–Kier alpha value is -2.47. The second-order valence-corrected chi connectivity index (χ2v) is 4.41. The zero-order valence-electron chi connectivity index (χ0n) is 10.8. The van der Waals surface area contributed by atoms with E-state index in [-0.39, 0.29) is 16.3 Å². The van der Waals surface area contributed by atoms with Crippen LogP contribution in [0.25, 0.3) is 11.1 Å². The fourth-order valence-corrected chi connectivity index (χ4v) is 1.91. The van der Waals surface area contributed by atoms with Crippen LogP contribution in [0.3, 0.4) is 0 Å². The van der Waals surface area contributed by atoms with Crippen molar-refractivity contribution in [2.75, 3.05) is 7.11 Å². The lowest BCUT2D eigenvalue weighted by molar-refractivity contribution is 0.0594. The SMILES string of the molecule is COC(=O)c1ccc(-c2cnc(Cl)c(C(=O)O)c2)cc1F. The van der Waals surface area contributed by atoms with Crippen molar-refractivity contribution in [1.82, 2.24) is 4.98 Å². The molecule has 0 aliphatic carbocycles. The van der Waals surface area contributed by atoms with E-state index in [4.69, 9.17) is 16.7 Å². The number of carbonyl (C=O) groups excluding carboxylic acids is 1. The van der Waals surface area contributed by atoms with Gasteiger partial charge < -0.3 is 9.84 Å². The number of nitrogens with zero attached hydrogens (tertiary/aromatic N) is 1. The number of hydrogen-bond acceptors (Lipinski definition) is 4. The standard InChI is InChI=1S/C14H9ClFNO4/c1-21-14(20)9-3-2-7(5-11(9)16)8-4-10(13(18)19)12(15)17-6-8/h2-6H,1H3,(H,18,19). The zero-order valence-corrected chi connectivity index (χ0v) is 11.5. The van der Waals surface area contributed by atoms with Crippen molar-refractivity contribution in [1.29, 1.82) is 0 Å². The van der Waals surface area contributed by atoms with Crippen molar-refractivity contribution in [3.05, 3.63) is 52.6 Å². The van der Waals surface area contributed by atoms with Crippen molar-refractivity contribution >= 4 is 23.5 Å². The number of hydrogen-bond donors (Lipinski definition) is 1. The maximum absolute atomic E-state index is 13.8. The number of benzene rings is 1. The Kier molecular flexibility index (Phi) is 4.18. The van der Waals surface area contributed by atoms with Crippen LogP contribution in [0.5, 0.6) is 0 Å². The smallest absolute Gasteiger partial charge is 0.340 e. The van der Waals surface area contributed by atoms with E-state index in [1.54, 1.807) is 0 Å². The molecule has 7 heteroatoms. The summed E-state index contributed by atoms with van der Waals surface area (Å²) in [6.07, 6.45) is 1.32. The Morgan fingerprint density at radius 2 is 1.95 bits per heavy atom. The molecule has 0 aliphatic heterocycles. The van der Waals surface area contributed by atoms with Gasteiger partial charge in [-0.1, -0.05) is 17.7 Å². The van der Waals surface area contributed by atoms with Gasteiger partial charge in [0.05, 0.1) is 18.2 Å². The molecule has 5 nitrogen and oxygen atoms in total. The number of ether oxygens (including phenoxy) is 1. The number of halogens is 2. The molecule has 2 rings (SSSR count). The lowest BCUT2D eigenvalue weighted by atomic mass is 10.0. The van der Waals surface area contributed by atoms with Gasteiger partial charge in [-0.2, -0.15) is 0 Å². The van der Waals surface area contributed by atoms with Gasteiger partial charge in [0.25, 0.3) is 0 Å². The average molecular weight is 310 g/mol. The number of carbonyl (C=O) groups is 2. The third-order valence-electron chi connectivity index (χ3n) is 2.78. The van der Waals surface area contributed by atoms with E-state index in [2.05, 4.69) is 9.72 Å². The van der Waals surface area contributed by atoms with E-state index in [1.807, 2.05) is 0 Å². The summed E-state index contributed by atoms with van der Waals surface area (Å²) in [5.74, 6) is -2.80. The Balaban J connectivity index is 2.48.